The molecule has 0 aliphatic rings. The molecular formula is C17H15N3O6. The quantitative estimate of drug-likeness (QED) is 0.488. The van der Waals surface area contributed by atoms with Gasteiger partial charge in [0.05, 0.1) is 26.3 Å². The molecule has 0 saturated carbocycles. The lowest BCUT2D eigenvalue weighted by molar-refractivity contribution is -0.384. The second-order valence-corrected chi connectivity index (χ2v) is 5.14. The molecule has 2 aromatic carbocycles. The molecule has 0 unspecified atom stereocenters. The molecule has 0 bridgehead atoms. The fraction of sp³-hybridized carbons (Fsp3) is 0.176. The topological polar surface area (TPSA) is 110 Å². The summed E-state index contributed by atoms with van der Waals surface area (Å²) >= 11 is 0. The van der Waals surface area contributed by atoms with Crippen molar-refractivity contribution in [3.05, 3.63) is 46.5 Å². The number of nitro groups is 1. The summed E-state index contributed by atoms with van der Waals surface area (Å²) in [5, 5.41) is 14.7. The van der Waals surface area contributed by atoms with Crippen molar-refractivity contribution in [3.8, 4) is 40.1 Å². The molecule has 1 heterocycles. The van der Waals surface area contributed by atoms with Crippen molar-refractivity contribution in [1.82, 2.24) is 10.1 Å². The Morgan fingerprint density at radius 2 is 1.58 bits per heavy atom. The third-order valence-electron chi connectivity index (χ3n) is 3.67. The molecule has 3 aromatic rings. The number of hydrogen-bond acceptors (Lipinski definition) is 8. The first kappa shape index (κ1) is 17.2. The first-order valence-corrected chi connectivity index (χ1v) is 7.46. The highest BCUT2D eigenvalue weighted by molar-refractivity contribution is 5.68. The highest BCUT2D eigenvalue weighted by Gasteiger charge is 2.18. The van der Waals surface area contributed by atoms with Crippen LogP contribution < -0.4 is 14.2 Å². The fourth-order valence-corrected chi connectivity index (χ4v) is 2.39. The molecule has 0 aliphatic carbocycles. The van der Waals surface area contributed by atoms with Crippen LogP contribution in [0.2, 0.25) is 0 Å². The number of ether oxygens (including phenoxy) is 3. The fourth-order valence-electron chi connectivity index (χ4n) is 2.39. The summed E-state index contributed by atoms with van der Waals surface area (Å²) in [6.45, 7) is 0. The molecule has 0 N–H and O–H groups in total. The van der Waals surface area contributed by atoms with Gasteiger partial charge in [-0.05, 0) is 24.3 Å². The Kier molecular flexibility index (Phi) is 4.70. The third kappa shape index (κ3) is 3.14. The lowest BCUT2D eigenvalue weighted by atomic mass is 10.1. The smallest absolute Gasteiger partial charge is 0.269 e. The second kappa shape index (κ2) is 7.09. The molecule has 0 saturated heterocycles. The molecule has 3 rings (SSSR count). The number of rotatable bonds is 6. The van der Waals surface area contributed by atoms with Crippen LogP contribution in [0, 0.1) is 10.1 Å². The zero-order chi connectivity index (χ0) is 18.7. The maximum atomic E-state index is 10.7. The van der Waals surface area contributed by atoms with Crippen LogP contribution in [0.25, 0.3) is 22.8 Å². The van der Waals surface area contributed by atoms with Gasteiger partial charge in [0.15, 0.2) is 11.5 Å². The Labute approximate surface area is 148 Å². The normalized spacial score (nSPS) is 10.4. The Morgan fingerprint density at radius 1 is 0.962 bits per heavy atom. The van der Waals surface area contributed by atoms with Crippen LogP contribution in [0.3, 0.4) is 0 Å². The van der Waals surface area contributed by atoms with Gasteiger partial charge in [0, 0.05) is 23.3 Å². The maximum Gasteiger partial charge on any atom is 0.269 e. The number of aromatic nitrogens is 2. The SMILES string of the molecule is COc1cc(-c2noc(-c3ccc([N+](=O)[O-])cc3)n2)cc(OC)c1OC. The molecule has 0 radical (unpaired) electrons. The van der Waals surface area contributed by atoms with E-state index in [-0.39, 0.29) is 11.6 Å². The van der Waals surface area contributed by atoms with Crippen LogP contribution in [0.1, 0.15) is 0 Å². The van der Waals surface area contributed by atoms with Crippen molar-refractivity contribution in [2.75, 3.05) is 21.3 Å². The summed E-state index contributed by atoms with van der Waals surface area (Å²) in [7, 11) is 4.54. The summed E-state index contributed by atoms with van der Waals surface area (Å²) in [6, 6.07) is 9.24. The van der Waals surface area contributed by atoms with Gasteiger partial charge in [-0.3, -0.25) is 10.1 Å². The predicted octanol–water partition coefficient (Wildman–Crippen LogP) is 3.34. The number of benzene rings is 2. The van der Waals surface area contributed by atoms with Crippen molar-refractivity contribution in [3.63, 3.8) is 0 Å². The van der Waals surface area contributed by atoms with Crippen molar-refractivity contribution in [1.29, 1.82) is 0 Å². The van der Waals surface area contributed by atoms with Gasteiger partial charge in [-0.2, -0.15) is 4.98 Å². The molecule has 0 atom stereocenters. The Morgan fingerprint density at radius 3 is 2.08 bits per heavy atom. The maximum absolute atomic E-state index is 10.7. The van der Waals surface area contributed by atoms with Gasteiger partial charge in [0.2, 0.25) is 11.6 Å². The van der Waals surface area contributed by atoms with Gasteiger partial charge >= 0.3 is 0 Å². The summed E-state index contributed by atoms with van der Waals surface area (Å²) in [5.74, 6) is 1.94. The van der Waals surface area contributed by atoms with E-state index in [2.05, 4.69) is 10.1 Å². The molecule has 9 heteroatoms. The molecule has 9 nitrogen and oxygen atoms in total. The lowest BCUT2D eigenvalue weighted by Crippen LogP contribution is -1.96. The molecule has 26 heavy (non-hydrogen) atoms. The average Bonchev–Trinajstić information content (AvgIpc) is 3.17. The monoisotopic (exact) mass is 357 g/mol. The van der Waals surface area contributed by atoms with E-state index in [0.717, 1.165) is 0 Å². The molecule has 134 valence electrons. The zero-order valence-corrected chi connectivity index (χ0v) is 14.3. The summed E-state index contributed by atoms with van der Waals surface area (Å²) in [6.07, 6.45) is 0. The predicted molar refractivity (Wildman–Crippen MR) is 91.5 cm³/mol. The lowest BCUT2D eigenvalue weighted by Gasteiger charge is -2.12. The number of non-ortho nitro benzene ring substituents is 1. The van der Waals surface area contributed by atoms with Gasteiger partial charge in [-0.1, -0.05) is 5.16 Å². The van der Waals surface area contributed by atoms with E-state index >= 15 is 0 Å². The van der Waals surface area contributed by atoms with Gasteiger partial charge in [-0.25, -0.2) is 0 Å². The minimum absolute atomic E-state index is 0.0156. The molecular weight excluding hydrogens is 342 g/mol. The average molecular weight is 357 g/mol. The highest BCUT2D eigenvalue weighted by Crippen LogP contribution is 2.40. The first-order valence-electron chi connectivity index (χ1n) is 7.46. The van der Waals surface area contributed by atoms with Crippen LogP contribution in [-0.2, 0) is 0 Å². The van der Waals surface area contributed by atoms with Gasteiger partial charge in [-0.15, -0.1) is 0 Å². The number of nitrogens with zero attached hydrogens (tertiary/aromatic N) is 3. The molecule has 0 fully saturated rings. The minimum atomic E-state index is -0.473. The van der Waals surface area contributed by atoms with Crippen molar-refractivity contribution >= 4 is 5.69 Å². The standard InChI is InChI=1S/C17H15N3O6/c1-23-13-8-11(9-14(24-2)15(13)25-3)16-18-17(26-19-16)10-4-6-12(7-5-10)20(21)22/h4-9H,1-3H3. The Hall–Kier alpha value is -3.62. The largest absolute Gasteiger partial charge is 0.493 e. The van der Waals surface area contributed by atoms with Crippen molar-refractivity contribution < 1.29 is 23.7 Å². The van der Waals surface area contributed by atoms with Crippen LogP contribution >= 0.6 is 0 Å². The number of hydrogen-bond donors (Lipinski definition) is 0. The van der Waals surface area contributed by atoms with E-state index in [1.54, 1.807) is 24.3 Å². The van der Waals surface area contributed by atoms with Crippen LogP contribution in [0.4, 0.5) is 5.69 Å². The van der Waals surface area contributed by atoms with Crippen LogP contribution in [0.15, 0.2) is 40.9 Å². The molecule has 0 amide bonds. The summed E-state index contributed by atoms with van der Waals surface area (Å²) in [4.78, 5) is 14.6. The van der Waals surface area contributed by atoms with Crippen molar-refractivity contribution in [2.45, 2.75) is 0 Å². The van der Waals surface area contributed by atoms with Gasteiger partial charge in [0.1, 0.15) is 0 Å². The van der Waals surface area contributed by atoms with Crippen LogP contribution in [-0.4, -0.2) is 36.4 Å². The summed E-state index contributed by atoms with van der Waals surface area (Å²) in [5.41, 5.74) is 1.16. The second-order valence-electron chi connectivity index (χ2n) is 5.14. The summed E-state index contributed by atoms with van der Waals surface area (Å²) < 4.78 is 21.2. The molecule has 0 aliphatic heterocycles. The van der Waals surface area contributed by atoms with E-state index in [1.807, 2.05) is 0 Å². The molecule has 1 aromatic heterocycles. The number of nitro benzene ring substituents is 1. The zero-order valence-electron chi connectivity index (χ0n) is 14.3. The van der Waals surface area contributed by atoms with E-state index < -0.39 is 4.92 Å². The van der Waals surface area contributed by atoms with E-state index in [1.165, 1.54) is 33.5 Å². The first-order chi connectivity index (χ1) is 12.6. The van der Waals surface area contributed by atoms with Gasteiger partial charge in [0.25, 0.3) is 11.6 Å². The third-order valence-corrected chi connectivity index (χ3v) is 3.67. The minimum Gasteiger partial charge on any atom is -0.493 e. The highest BCUT2D eigenvalue weighted by atomic mass is 16.6. The number of methoxy groups -OCH3 is 3. The Balaban J connectivity index is 1.98. The van der Waals surface area contributed by atoms with E-state index in [0.29, 0.717) is 34.2 Å². The van der Waals surface area contributed by atoms with Crippen molar-refractivity contribution in [2.24, 2.45) is 0 Å². The Bertz CT molecular complexity index is 911. The van der Waals surface area contributed by atoms with Gasteiger partial charge < -0.3 is 18.7 Å². The van der Waals surface area contributed by atoms with E-state index in [4.69, 9.17) is 18.7 Å². The molecule has 0 spiro atoms. The van der Waals surface area contributed by atoms with Crippen LogP contribution in [0.5, 0.6) is 17.2 Å². The van der Waals surface area contributed by atoms with E-state index in [9.17, 15) is 10.1 Å².